The normalized spacial score (nSPS) is 19.9. The number of rotatable bonds is 1. The number of amides is 1. The molecule has 1 aliphatic rings. The first kappa shape index (κ1) is 10.3. The summed E-state index contributed by atoms with van der Waals surface area (Å²) in [6, 6.07) is -0.525. The second kappa shape index (κ2) is 3.95. The Balaban J connectivity index is 2.35. The molecule has 6 heteroatoms. The van der Waals surface area contributed by atoms with Crippen LogP contribution in [0.25, 0.3) is 0 Å². The third-order valence-electron chi connectivity index (χ3n) is 1.73. The van der Waals surface area contributed by atoms with Gasteiger partial charge in [-0.25, -0.2) is 5.32 Å². The van der Waals surface area contributed by atoms with Crippen molar-refractivity contribution in [2.75, 3.05) is 13.2 Å². The molecule has 0 atom stereocenters. The van der Waals surface area contributed by atoms with Gasteiger partial charge < -0.3 is 4.74 Å². The minimum absolute atomic E-state index is 0.374. The molecule has 0 spiro atoms. The number of hydrogen-bond donors (Lipinski definition) is 0. The number of hydrogen-bond acceptors (Lipinski definition) is 2. The summed E-state index contributed by atoms with van der Waals surface area (Å²) in [7, 11) is 0. The van der Waals surface area contributed by atoms with E-state index in [2.05, 4.69) is 5.32 Å². The van der Waals surface area contributed by atoms with Gasteiger partial charge in [-0.1, -0.05) is 0 Å². The highest BCUT2D eigenvalue weighted by Gasteiger charge is 2.41. The molecule has 0 aromatic carbocycles. The van der Waals surface area contributed by atoms with E-state index in [1.165, 1.54) is 0 Å². The molecule has 1 amide bonds. The van der Waals surface area contributed by atoms with Crippen LogP contribution < -0.4 is 5.32 Å². The minimum Gasteiger partial charge on any atom is -0.381 e. The molecule has 0 saturated carbocycles. The Morgan fingerprint density at radius 2 is 1.85 bits per heavy atom. The zero-order chi connectivity index (χ0) is 9.90. The first-order chi connectivity index (χ1) is 6.00. The fourth-order valence-electron chi connectivity index (χ4n) is 1.05. The van der Waals surface area contributed by atoms with Crippen LogP contribution in [0.15, 0.2) is 0 Å². The largest absolute Gasteiger partial charge is 0.473 e. The predicted molar refractivity (Wildman–Crippen MR) is 37.0 cm³/mol. The first-order valence-corrected chi connectivity index (χ1v) is 3.90. The lowest BCUT2D eigenvalue weighted by atomic mass is 10.1. The van der Waals surface area contributed by atoms with Gasteiger partial charge in [0, 0.05) is 13.2 Å². The molecule has 75 valence electrons. The van der Waals surface area contributed by atoms with E-state index in [9.17, 15) is 18.0 Å². The highest BCUT2D eigenvalue weighted by Crippen LogP contribution is 2.17. The molecule has 0 aromatic heterocycles. The fourth-order valence-corrected chi connectivity index (χ4v) is 1.05. The molecular weight excluding hydrogens is 187 g/mol. The van der Waals surface area contributed by atoms with Gasteiger partial charge in [0.25, 0.3) is 0 Å². The third kappa shape index (κ3) is 3.22. The van der Waals surface area contributed by atoms with Gasteiger partial charge in [0.1, 0.15) is 0 Å². The van der Waals surface area contributed by atoms with Crippen LogP contribution in [-0.4, -0.2) is 31.3 Å². The number of halogens is 3. The van der Waals surface area contributed by atoms with Crippen LogP contribution in [0, 0.1) is 0 Å². The van der Waals surface area contributed by atoms with Crippen molar-refractivity contribution in [3.05, 3.63) is 0 Å². The van der Waals surface area contributed by atoms with E-state index in [0.717, 1.165) is 0 Å². The van der Waals surface area contributed by atoms with E-state index < -0.39 is 18.1 Å². The molecule has 0 unspecified atom stereocenters. The van der Waals surface area contributed by atoms with Crippen molar-refractivity contribution in [2.24, 2.45) is 0 Å². The van der Waals surface area contributed by atoms with Crippen molar-refractivity contribution in [3.8, 4) is 0 Å². The average molecular weight is 196 g/mol. The monoisotopic (exact) mass is 196 g/mol. The zero-order valence-corrected chi connectivity index (χ0v) is 6.80. The second-order valence-corrected chi connectivity index (χ2v) is 2.78. The smallest absolute Gasteiger partial charge is 0.381 e. The Kier molecular flexibility index (Phi) is 3.13. The van der Waals surface area contributed by atoms with Crippen LogP contribution in [0.1, 0.15) is 12.8 Å². The molecule has 0 bridgehead atoms. The summed E-state index contributed by atoms with van der Waals surface area (Å²) < 4.78 is 40.1. The van der Waals surface area contributed by atoms with Crippen LogP contribution in [0.4, 0.5) is 13.2 Å². The highest BCUT2D eigenvalue weighted by molar-refractivity contribution is 5.81. The minimum atomic E-state index is -4.84. The zero-order valence-electron chi connectivity index (χ0n) is 6.80. The molecule has 1 fully saturated rings. The van der Waals surface area contributed by atoms with Crippen molar-refractivity contribution in [1.82, 2.24) is 5.32 Å². The topological polar surface area (TPSA) is 40.4 Å². The molecule has 0 N–H and O–H groups in total. The van der Waals surface area contributed by atoms with E-state index in [0.29, 0.717) is 26.1 Å². The Bertz CT molecular complexity index is 187. The van der Waals surface area contributed by atoms with E-state index in [1.807, 2.05) is 0 Å². The number of alkyl halides is 3. The van der Waals surface area contributed by atoms with Crippen molar-refractivity contribution < 1.29 is 22.7 Å². The van der Waals surface area contributed by atoms with Gasteiger partial charge in [0.2, 0.25) is 0 Å². The molecule has 13 heavy (non-hydrogen) atoms. The molecule has 1 saturated heterocycles. The van der Waals surface area contributed by atoms with E-state index in [-0.39, 0.29) is 0 Å². The second-order valence-electron chi connectivity index (χ2n) is 2.78. The molecule has 0 aromatic rings. The lowest BCUT2D eigenvalue weighted by molar-refractivity contribution is -0.175. The van der Waals surface area contributed by atoms with Crippen molar-refractivity contribution in [3.63, 3.8) is 0 Å². The van der Waals surface area contributed by atoms with E-state index >= 15 is 0 Å². The first-order valence-electron chi connectivity index (χ1n) is 3.90. The fraction of sp³-hybridized carbons (Fsp3) is 0.857. The summed E-state index contributed by atoms with van der Waals surface area (Å²) >= 11 is 0. The summed E-state index contributed by atoms with van der Waals surface area (Å²) in [4.78, 5) is 10.4. The average Bonchev–Trinajstić information content (AvgIpc) is 2.04. The van der Waals surface area contributed by atoms with Crippen molar-refractivity contribution >= 4 is 5.91 Å². The summed E-state index contributed by atoms with van der Waals surface area (Å²) in [5.74, 6) is -1.99. The van der Waals surface area contributed by atoms with Crippen LogP contribution in [0.3, 0.4) is 0 Å². The summed E-state index contributed by atoms with van der Waals surface area (Å²) in [5, 5.41) is 3.06. The predicted octanol–water partition coefficient (Wildman–Crippen LogP) is 0.859. The van der Waals surface area contributed by atoms with Gasteiger partial charge >= 0.3 is 12.1 Å². The lowest BCUT2D eigenvalue weighted by Crippen LogP contribution is -2.40. The lowest BCUT2D eigenvalue weighted by Gasteiger charge is -2.21. The number of carbonyl (C=O) groups excluding carboxylic acids is 1. The van der Waals surface area contributed by atoms with Crippen LogP contribution in [-0.2, 0) is 9.53 Å². The number of nitrogens with zero attached hydrogens (tertiary/aromatic N) is 1. The van der Waals surface area contributed by atoms with Gasteiger partial charge in [0.15, 0.2) is 0 Å². The van der Waals surface area contributed by atoms with Gasteiger partial charge in [-0.05, 0) is 12.8 Å². The molecule has 1 radical (unpaired) electrons. The summed E-state index contributed by atoms with van der Waals surface area (Å²) in [6.07, 6.45) is -4.05. The summed E-state index contributed by atoms with van der Waals surface area (Å²) in [5.41, 5.74) is 0. The SMILES string of the molecule is O=C([N]C1CCOCC1)C(F)(F)F. The van der Waals surface area contributed by atoms with E-state index in [4.69, 9.17) is 4.74 Å². The van der Waals surface area contributed by atoms with Crippen LogP contribution in [0.5, 0.6) is 0 Å². The van der Waals surface area contributed by atoms with Crippen molar-refractivity contribution in [2.45, 2.75) is 25.1 Å². The maximum atomic E-state index is 11.7. The molecule has 1 rings (SSSR count). The Labute approximate surface area is 73.2 Å². The van der Waals surface area contributed by atoms with Crippen LogP contribution in [0.2, 0.25) is 0 Å². The number of carbonyl (C=O) groups is 1. The van der Waals surface area contributed by atoms with Gasteiger partial charge in [0.05, 0.1) is 6.04 Å². The molecule has 1 heterocycles. The quantitative estimate of drug-likeness (QED) is 0.624. The van der Waals surface area contributed by atoms with Gasteiger partial charge in [-0.2, -0.15) is 13.2 Å². The van der Waals surface area contributed by atoms with Gasteiger partial charge in [-0.15, -0.1) is 0 Å². The summed E-state index contributed by atoms with van der Waals surface area (Å²) in [6.45, 7) is 0.749. The van der Waals surface area contributed by atoms with Crippen LogP contribution >= 0.6 is 0 Å². The molecule has 0 aliphatic carbocycles. The molecule has 1 aliphatic heterocycles. The number of ether oxygens (including phenoxy) is 1. The Morgan fingerprint density at radius 3 is 2.31 bits per heavy atom. The third-order valence-corrected chi connectivity index (χ3v) is 1.73. The Morgan fingerprint density at radius 1 is 1.31 bits per heavy atom. The maximum Gasteiger partial charge on any atom is 0.473 e. The van der Waals surface area contributed by atoms with Gasteiger partial charge in [-0.3, -0.25) is 4.79 Å². The Hall–Kier alpha value is -0.780. The molecular formula is C7H9F3NO2. The highest BCUT2D eigenvalue weighted by atomic mass is 19.4. The van der Waals surface area contributed by atoms with E-state index in [1.54, 1.807) is 0 Å². The standard InChI is InChI=1S/C7H9F3NO2/c8-7(9,10)6(12)11-5-1-3-13-4-2-5/h5H,1-4H2. The molecule has 3 nitrogen and oxygen atoms in total. The maximum absolute atomic E-state index is 11.7. The van der Waals surface area contributed by atoms with Crippen molar-refractivity contribution in [1.29, 1.82) is 0 Å².